The fourth-order valence-electron chi connectivity index (χ4n) is 2.89. The van der Waals surface area contributed by atoms with Gasteiger partial charge in [-0.25, -0.2) is 0 Å². The Labute approximate surface area is 146 Å². The van der Waals surface area contributed by atoms with Gasteiger partial charge >= 0.3 is 0 Å². The van der Waals surface area contributed by atoms with Crippen molar-refractivity contribution in [2.24, 2.45) is 0 Å². The van der Waals surface area contributed by atoms with Crippen LogP contribution in [0.25, 0.3) is 0 Å². The molecule has 3 rings (SSSR count). The zero-order valence-electron chi connectivity index (χ0n) is 14.2. The van der Waals surface area contributed by atoms with E-state index in [1.165, 1.54) is 14.2 Å². The SMILES string of the molecule is COc1cccc(OC)c1C(=O)NCc1ccc2c(c1)CCC(=O)N2. The number of aryl methyl sites for hydroxylation is 1. The van der Waals surface area contributed by atoms with Gasteiger partial charge in [0.1, 0.15) is 17.1 Å². The zero-order chi connectivity index (χ0) is 17.8. The van der Waals surface area contributed by atoms with Crippen LogP contribution in [0, 0.1) is 0 Å². The molecule has 0 radical (unpaired) electrons. The molecule has 6 heteroatoms. The third kappa shape index (κ3) is 3.57. The highest BCUT2D eigenvalue weighted by Crippen LogP contribution is 2.28. The number of methoxy groups -OCH3 is 2. The summed E-state index contributed by atoms with van der Waals surface area (Å²) < 4.78 is 10.5. The van der Waals surface area contributed by atoms with Gasteiger partial charge in [-0.3, -0.25) is 9.59 Å². The number of carbonyl (C=O) groups excluding carboxylic acids is 2. The standard InChI is InChI=1S/C19H20N2O4/c1-24-15-4-3-5-16(25-2)18(15)19(23)20-11-12-6-8-14-13(10-12)7-9-17(22)21-14/h3-6,8,10H,7,9,11H2,1-2H3,(H,20,23)(H,21,22). The number of fused-ring (bicyclic) bond motifs is 1. The van der Waals surface area contributed by atoms with E-state index in [2.05, 4.69) is 10.6 Å². The highest BCUT2D eigenvalue weighted by Gasteiger charge is 2.18. The molecule has 0 aromatic heterocycles. The minimum absolute atomic E-state index is 0.0387. The topological polar surface area (TPSA) is 76.7 Å². The zero-order valence-corrected chi connectivity index (χ0v) is 14.2. The van der Waals surface area contributed by atoms with Crippen LogP contribution in [0.4, 0.5) is 5.69 Å². The third-order valence-corrected chi connectivity index (χ3v) is 4.17. The Morgan fingerprint density at radius 3 is 2.52 bits per heavy atom. The summed E-state index contributed by atoms with van der Waals surface area (Å²) in [4.78, 5) is 24.0. The van der Waals surface area contributed by atoms with Crippen LogP contribution in [-0.2, 0) is 17.8 Å². The van der Waals surface area contributed by atoms with Gasteiger partial charge in [-0.1, -0.05) is 18.2 Å². The molecule has 1 heterocycles. The average Bonchev–Trinajstić information content (AvgIpc) is 2.65. The lowest BCUT2D eigenvalue weighted by Gasteiger charge is -2.18. The van der Waals surface area contributed by atoms with Crippen LogP contribution >= 0.6 is 0 Å². The molecule has 2 aromatic carbocycles. The van der Waals surface area contributed by atoms with Crippen LogP contribution in [0.5, 0.6) is 11.5 Å². The Morgan fingerprint density at radius 2 is 1.84 bits per heavy atom. The molecule has 0 aliphatic carbocycles. The Kier molecular flexibility index (Phi) is 4.88. The molecular weight excluding hydrogens is 320 g/mol. The largest absolute Gasteiger partial charge is 0.496 e. The number of carbonyl (C=O) groups is 2. The highest BCUT2D eigenvalue weighted by atomic mass is 16.5. The first-order chi connectivity index (χ1) is 12.1. The number of hydrogen-bond acceptors (Lipinski definition) is 4. The lowest BCUT2D eigenvalue weighted by molar-refractivity contribution is -0.116. The Morgan fingerprint density at radius 1 is 1.12 bits per heavy atom. The monoisotopic (exact) mass is 340 g/mol. The second kappa shape index (κ2) is 7.25. The quantitative estimate of drug-likeness (QED) is 0.877. The molecule has 0 spiro atoms. The van der Waals surface area contributed by atoms with Gasteiger partial charge < -0.3 is 20.1 Å². The van der Waals surface area contributed by atoms with Crippen molar-refractivity contribution >= 4 is 17.5 Å². The van der Waals surface area contributed by atoms with Crippen LogP contribution in [0.3, 0.4) is 0 Å². The summed E-state index contributed by atoms with van der Waals surface area (Å²) in [6, 6.07) is 11.0. The lowest BCUT2D eigenvalue weighted by atomic mass is 10.0. The number of nitrogens with one attached hydrogen (secondary N) is 2. The minimum atomic E-state index is -0.264. The van der Waals surface area contributed by atoms with Crippen molar-refractivity contribution in [3.63, 3.8) is 0 Å². The minimum Gasteiger partial charge on any atom is -0.496 e. The molecule has 0 fully saturated rings. The summed E-state index contributed by atoms with van der Waals surface area (Å²) in [5, 5.41) is 5.74. The third-order valence-electron chi connectivity index (χ3n) is 4.17. The van der Waals surface area contributed by atoms with Crippen LogP contribution < -0.4 is 20.1 Å². The first-order valence-corrected chi connectivity index (χ1v) is 8.03. The molecule has 25 heavy (non-hydrogen) atoms. The Balaban J connectivity index is 1.74. The van der Waals surface area contributed by atoms with Gasteiger partial charge in [-0.2, -0.15) is 0 Å². The lowest BCUT2D eigenvalue weighted by Crippen LogP contribution is -2.24. The van der Waals surface area contributed by atoms with Gasteiger partial charge in [0.25, 0.3) is 5.91 Å². The van der Waals surface area contributed by atoms with Gasteiger partial charge in [-0.05, 0) is 35.7 Å². The second-order valence-corrected chi connectivity index (χ2v) is 5.76. The number of anilines is 1. The summed E-state index contributed by atoms with van der Waals surface area (Å²) >= 11 is 0. The fourth-order valence-corrected chi connectivity index (χ4v) is 2.89. The number of rotatable bonds is 5. The van der Waals surface area contributed by atoms with Crippen molar-refractivity contribution in [2.45, 2.75) is 19.4 Å². The van der Waals surface area contributed by atoms with E-state index >= 15 is 0 Å². The van der Waals surface area contributed by atoms with E-state index in [1.54, 1.807) is 18.2 Å². The summed E-state index contributed by atoms with van der Waals surface area (Å²) in [5.41, 5.74) is 3.27. The predicted octanol–water partition coefficient (Wildman–Crippen LogP) is 2.52. The second-order valence-electron chi connectivity index (χ2n) is 5.76. The average molecular weight is 340 g/mol. The van der Waals surface area contributed by atoms with Crippen LogP contribution in [0.2, 0.25) is 0 Å². The van der Waals surface area contributed by atoms with Gasteiger partial charge in [0.2, 0.25) is 5.91 Å². The number of amides is 2. The first kappa shape index (κ1) is 16.8. The molecule has 0 bridgehead atoms. The van der Waals surface area contributed by atoms with Crippen molar-refractivity contribution in [1.82, 2.24) is 5.32 Å². The van der Waals surface area contributed by atoms with Crippen LogP contribution in [0.15, 0.2) is 36.4 Å². The van der Waals surface area contributed by atoms with Crippen LogP contribution in [-0.4, -0.2) is 26.0 Å². The maximum Gasteiger partial charge on any atom is 0.259 e. The number of hydrogen-bond donors (Lipinski definition) is 2. The molecule has 130 valence electrons. The molecular formula is C19H20N2O4. The molecule has 2 aromatic rings. The van der Waals surface area contributed by atoms with Gasteiger partial charge in [0.15, 0.2) is 0 Å². The van der Waals surface area contributed by atoms with E-state index in [4.69, 9.17) is 9.47 Å². The molecule has 1 aliphatic rings. The molecule has 1 aliphatic heterocycles. The molecule has 2 N–H and O–H groups in total. The maximum atomic E-state index is 12.6. The highest BCUT2D eigenvalue weighted by molar-refractivity contribution is 5.99. The van der Waals surface area contributed by atoms with E-state index in [1.807, 2.05) is 18.2 Å². The first-order valence-electron chi connectivity index (χ1n) is 8.03. The Bertz CT molecular complexity index is 795. The van der Waals surface area contributed by atoms with Crippen molar-refractivity contribution in [3.05, 3.63) is 53.1 Å². The predicted molar refractivity (Wildman–Crippen MR) is 94.1 cm³/mol. The molecule has 0 saturated carbocycles. The van der Waals surface area contributed by atoms with Crippen molar-refractivity contribution in [1.29, 1.82) is 0 Å². The molecule has 0 saturated heterocycles. The summed E-state index contributed by atoms with van der Waals surface area (Å²) in [6.45, 7) is 0.376. The van der Waals surface area contributed by atoms with E-state index in [9.17, 15) is 9.59 Å². The Hall–Kier alpha value is -3.02. The summed E-state index contributed by atoms with van der Waals surface area (Å²) in [6.07, 6.45) is 1.20. The fraction of sp³-hybridized carbons (Fsp3) is 0.263. The van der Waals surface area contributed by atoms with Gasteiger partial charge in [-0.15, -0.1) is 0 Å². The maximum absolute atomic E-state index is 12.6. The van der Waals surface area contributed by atoms with E-state index in [0.29, 0.717) is 36.4 Å². The molecule has 0 atom stereocenters. The molecule has 0 unspecified atom stereocenters. The van der Waals surface area contributed by atoms with Crippen LogP contribution in [0.1, 0.15) is 27.9 Å². The molecule has 2 amide bonds. The summed E-state index contributed by atoms with van der Waals surface area (Å²) in [7, 11) is 3.03. The van der Waals surface area contributed by atoms with E-state index in [0.717, 1.165) is 16.8 Å². The van der Waals surface area contributed by atoms with Gasteiger partial charge in [0, 0.05) is 18.7 Å². The number of benzene rings is 2. The normalized spacial score (nSPS) is 12.8. The summed E-state index contributed by atoms with van der Waals surface area (Å²) in [5.74, 6) is 0.701. The van der Waals surface area contributed by atoms with Gasteiger partial charge in [0.05, 0.1) is 14.2 Å². The van der Waals surface area contributed by atoms with Crippen molar-refractivity contribution in [2.75, 3.05) is 19.5 Å². The van der Waals surface area contributed by atoms with Crippen molar-refractivity contribution in [3.8, 4) is 11.5 Å². The van der Waals surface area contributed by atoms with Crippen molar-refractivity contribution < 1.29 is 19.1 Å². The van der Waals surface area contributed by atoms with E-state index < -0.39 is 0 Å². The molecule has 6 nitrogen and oxygen atoms in total. The van der Waals surface area contributed by atoms with E-state index in [-0.39, 0.29) is 11.8 Å². The number of ether oxygens (including phenoxy) is 2. The smallest absolute Gasteiger partial charge is 0.259 e.